The molecule has 0 spiro atoms. The molecule has 2 aromatic heterocycles. The Morgan fingerprint density at radius 2 is 1.96 bits per heavy atom. The number of nitrogens with zero attached hydrogens (tertiary/aromatic N) is 3. The average Bonchev–Trinajstić information content (AvgIpc) is 3.22. The third-order valence-electron chi connectivity index (χ3n) is 3.71. The Hall–Kier alpha value is -3.17. The fourth-order valence-electron chi connectivity index (χ4n) is 2.39. The van der Waals surface area contributed by atoms with Gasteiger partial charge in [0.15, 0.2) is 5.69 Å². The Morgan fingerprint density at radius 1 is 1.26 bits per heavy atom. The first-order valence-corrected chi connectivity index (χ1v) is 7.84. The van der Waals surface area contributed by atoms with Gasteiger partial charge in [-0.2, -0.15) is 18.3 Å². The normalized spacial score (nSPS) is 11.6. The van der Waals surface area contributed by atoms with Gasteiger partial charge >= 0.3 is 6.18 Å². The van der Waals surface area contributed by atoms with E-state index in [1.165, 1.54) is 30.5 Å². The summed E-state index contributed by atoms with van der Waals surface area (Å²) in [7, 11) is 1.12. The molecular formula is C17H14F4N4O2. The number of carbonyl (C=O) groups excluding carboxylic acids is 1. The molecule has 1 amide bonds. The first kappa shape index (κ1) is 18.6. The average molecular weight is 382 g/mol. The van der Waals surface area contributed by atoms with Crippen molar-refractivity contribution in [3.63, 3.8) is 0 Å². The number of rotatable bonds is 5. The molecule has 3 aromatic rings. The molecule has 0 saturated heterocycles. The van der Waals surface area contributed by atoms with E-state index in [4.69, 9.17) is 4.42 Å². The molecular weight excluding hydrogens is 368 g/mol. The molecule has 0 radical (unpaired) electrons. The van der Waals surface area contributed by atoms with E-state index >= 15 is 0 Å². The molecule has 27 heavy (non-hydrogen) atoms. The number of halogens is 4. The number of oxazole rings is 1. The number of amides is 1. The minimum Gasteiger partial charge on any atom is -0.444 e. The van der Waals surface area contributed by atoms with Gasteiger partial charge in [-0.3, -0.25) is 9.48 Å². The number of carbonyl (C=O) groups is 1. The number of aromatic nitrogens is 3. The molecule has 0 fully saturated rings. The molecule has 1 N–H and O–H groups in total. The molecule has 0 aliphatic rings. The number of benzene rings is 1. The number of nitrogens with one attached hydrogen (secondary N) is 1. The number of aryl methyl sites for hydroxylation is 1. The van der Waals surface area contributed by atoms with Gasteiger partial charge in [0.25, 0.3) is 5.91 Å². The molecule has 1 aromatic carbocycles. The molecule has 2 heterocycles. The fraction of sp³-hybridized carbons (Fsp3) is 0.235. The maximum atomic E-state index is 12.9. The highest BCUT2D eigenvalue weighted by Gasteiger charge is 2.35. The Kier molecular flexibility index (Phi) is 4.98. The predicted molar refractivity (Wildman–Crippen MR) is 86.1 cm³/mol. The molecule has 10 heteroatoms. The second-order valence-electron chi connectivity index (χ2n) is 5.69. The van der Waals surface area contributed by atoms with Crippen LogP contribution in [-0.4, -0.2) is 27.2 Å². The highest BCUT2D eigenvalue weighted by atomic mass is 19.4. The lowest BCUT2D eigenvalue weighted by molar-refractivity contribution is -0.143. The Bertz CT molecular complexity index is 945. The Balaban J connectivity index is 1.57. The van der Waals surface area contributed by atoms with Crippen LogP contribution >= 0.6 is 0 Å². The summed E-state index contributed by atoms with van der Waals surface area (Å²) in [4.78, 5) is 16.2. The summed E-state index contributed by atoms with van der Waals surface area (Å²) < 4.78 is 57.0. The van der Waals surface area contributed by atoms with Gasteiger partial charge < -0.3 is 9.73 Å². The number of hydrogen-bond acceptors (Lipinski definition) is 4. The lowest BCUT2D eigenvalue weighted by Crippen LogP contribution is -2.26. The van der Waals surface area contributed by atoms with Gasteiger partial charge in [-0.25, -0.2) is 9.37 Å². The van der Waals surface area contributed by atoms with Crippen molar-refractivity contribution in [3.8, 4) is 11.5 Å². The van der Waals surface area contributed by atoms with Gasteiger partial charge in [0.2, 0.25) is 5.89 Å². The van der Waals surface area contributed by atoms with Crippen molar-refractivity contribution >= 4 is 5.91 Å². The molecule has 3 rings (SSSR count). The SMILES string of the molecule is Cn1nc(C(=O)NCCc2coc(-c3ccc(F)cc3)n2)cc1C(F)(F)F. The zero-order valence-electron chi connectivity index (χ0n) is 14.0. The monoisotopic (exact) mass is 382 g/mol. The van der Waals surface area contributed by atoms with Crippen LogP contribution in [0, 0.1) is 5.82 Å². The molecule has 6 nitrogen and oxygen atoms in total. The third kappa shape index (κ3) is 4.33. The van der Waals surface area contributed by atoms with Crippen LogP contribution in [0.1, 0.15) is 21.9 Å². The summed E-state index contributed by atoms with van der Waals surface area (Å²) in [5.41, 5.74) is -0.198. The zero-order valence-corrected chi connectivity index (χ0v) is 14.0. The standard InChI is InChI=1S/C17H14F4N4O2/c1-25-14(17(19,20)21)8-13(24-25)15(26)22-7-6-12-9-27-16(23-12)10-2-4-11(18)5-3-10/h2-5,8-9H,6-7H2,1H3,(H,22,26). The molecule has 0 unspecified atom stereocenters. The van der Waals surface area contributed by atoms with Crippen molar-refractivity contribution < 1.29 is 26.8 Å². The second kappa shape index (κ2) is 7.22. The summed E-state index contributed by atoms with van der Waals surface area (Å²) in [5, 5.41) is 6.06. The maximum Gasteiger partial charge on any atom is 0.433 e. The van der Waals surface area contributed by atoms with E-state index in [-0.39, 0.29) is 18.1 Å². The highest BCUT2D eigenvalue weighted by Crippen LogP contribution is 2.29. The third-order valence-corrected chi connectivity index (χ3v) is 3.71. The van der Waals surface area contributed by atoms with Crippen molar-refractivity contribution in [2.75, 3.05) is 6.54 Å². The lowest BCUT2D eigenvalue weighted by atomic mass is 10.2. The molecule has 0 atom stereocenters. The van der Waals surface area contributed by atoms with E-state index in [0.29, 0.717) is 34.3 Å². The summed E-state index contributed by atoms with van der Waals surface area (Å²) in [5.74, 6) is -0.796. The van der Waals surface area contributed by atoms with Crippen LogP contribution in [0.4, 0.5) is 17.6 Å². The first-order chi connectivity index (χ1) is 12.7. The lowest BCUT2D eigenvalue weighted by Gasteiger charge is -2.04. The van der Waals surface area contributed by atoms with Gasteiger partial charge in [-0.15, -0.1) is 0 Å². The van der Waals surface area contributed by atoms with Crippen LogP contribution in [0.15, 0.2) is 41.0 Å². The molecule has 0 bridgehead atoms. The molecule has 0 saturated carbocycles. The zero-order chi connectivity index (χ0) is 19.6. The van der Waals surface area contributed by atoms with Gasteiger partial charge in [-0.1, -0.05) is 0 Å². The minimum absolute atomic E-state index is 0.131. The highest BCUT2D eigenvalue weighted by molar-refractivity contribution is 5.92. The van der Waals surface area contributed by atoms with E-state index in [2.05, 4.69) is 15.4 Å². The predicted octanol–water partition coefficient (Wildman–Crippen LogP) is 3.21. The number of hydrogen-bond donors (Lipinski definition) is 1. The number of alkyl halides is 3. The van der Waals surface area contributed by atoms with E-state index in [1.807, 2.05) is 0 Å². The Morgan fingerprint density at radius 3 is 2.59 bits per heavy atom. The van der Waals surface area contributed by atoms with Crippen LogP contribution in [0.3, 0.4) is 0 Å². The largest absolute Gasteiger partial charge is 0.444 e. The van der Waals surface area contributed by atoms with Gasteiger partial charge in [-0.05, 0) is 24.3 Å². The smallest absolute Gasteiger partial charge is 0.433 e. The van der Waals surface area contributed by atoms with Crippen molar-refractivity contribution in [1.29, 1.82) is 0 Å². The van der Waals surface area contributed by atoms with Crippen LogP contribution < -0.4 is 5.32 Å². The molecule has 0 aliphatic carbocycles. The van der Waals surface area contributed by atoms with Gasteiger partial charge in [0, 0.05) is 31.6 Å². The van der Waals surface area contributed by atoms with Crippen molar-refractivity contribution in [2.45, 2.75) is 12.6 Å². The first-order valence-electron chi connectivity index (χ1n) is 7.84. The molecule has 142 valence electrons. The van der Waals surface area contributed by atoms with Crippen molar-refractivity contribution in [2.24, 2.45) is 7.05 Å². The van der Waals surface area contributed by atoms with Crippen LogP contribution in [-0.2, 0) is 19.6 Å². The van der Waals surface area contributed by atoms with E-state index in [0.717, 1.165) is 7.05 Å². The Labute approximate surface area is 150 Å². The van der Waals surface area contributed by atoms with Gasteiger partial charge in [0.1, 0.15) is 17.8 Å². The van der Waals surface area contributed by atoms with E-state index in [1.54, 1.807) is 0 Å². The van der Waals surface area contributed by atoms with Crippen LogP contribution in [0.5, 0.6) is 0 Å². The topological polar surface area (TPSA) is 73.0 Å². The maximum absolute atomic E-state index is 12.9. The van der Waals surface area contributed by atoms with Crippen molar-refractivity contribution in [1.82, 2.24) is 20.1 Å². The summed E-state index contributed by atoms with van der Waals surface area (Å²) in [6, 6.07) is 6.29. The summed E-state index contributed by atoms with van der Waals surface area (Å²) >= 11 is 0. The van der Waals surface area contributed by atoms with Gasteiger partial charge in [0.05, 0.1) is 5.69 Å². The molecule has 0 aliphatic heterocycles. The summed E-state index contributed by atoms with van der Waals surface area (Å²) in [6.07, 6.45) is -2.89. The van der Waals surface area contributed by atoms with Crippen molar-refractivity contribution in [3.05, 3.63) is 59.5 Å². The second-order valence-corrected chi connectivity index (χ2v) is 5.69. The summed E-state index contributed by atoms with van der Waals surface area (Å²) in [6.45, 7) is 0.131. The fourth-order valence-corrected chi connectivity index (χ4v) is 2.39. The van der Waals surface area contributed by atoms with E-state index < -0.39 is 17.8 Å². The van der Waals surface area contributed by atoms with Crippen LogP contribution in [0.25, 0.3) is 11.5 Å². The van der Waals surface area contributed by atoms with Crippen LogP contribution in [0.2, 0.25) is 0 Å². The van der Waals surface area contributed by atoms with E-state index in [9.17, 15) is 22.4 Å². The minimum atomic E-state index is -4.59. The quantitative estimate of drug-likeness (QED) is 0.688.